The third-order valence-corrected chi connectivity index (χ3v) is 0.957. The largest absolute Gasteiger partial charge is 0.382 e. The lowest BCUT2D eigenvalue weighted by Crippen LogP contribution is -2.28. The predicted octanol–water partition coefficient (Wildman–Crippen LogP) is -1.48. The van der Waals surface area contributed by atoms with Gasteiger partial charge in [-0.2, -0.15) is 0 Å². The molecule has 0 aromatic carbocycles. The third kappa shape index (κ3) is 3.71. The summed E-state index contributed by atoms with van der Waals surface area (Å²) in [5.41, 5.74) is 4.84. The summed E-state index contributed by atoms with van der Waals surface area (Å²) in [7, 11) is -1.01. The van der Waals surface area contributed by atoms with E-state index in [0.29, 0.717) is 0 Å². The van der Waals surface area contributed by atoms with Crippen molar-refractivity contribution >= 4 is 26.9 Å². The van der Waals surface area contributed by atoms with Gasteiger partial charge in [0, 0.05) is 0 Å². The van der Waals surface area contributed by atoms with Gasteiger partial charge in [0.15, 0.2) is 5.11 Å². The Hall–Kier alpha value is -0.293. The highest BCUT2D eigenvalue weighted by molar-refractivity contribution is 7.80. The minimum atomic E-state index is -1.01. The van der Waals surface area contributed by atoms with Crippen LogP contribution in [0.3, 0.4) is 0 Å². The maximum absolute atomic E-state index is 9.54. The Morgan fingerprint density at radius 2 is 2.50 bits per heavy atom. The molecule has 0 saturated heterocycles. The number of hydrogen-bond donors (Lipinski definition) is 2. The summed E-state index contributed by atoms with van der Waals surface area (Å²) in [5.74, 6) is 0. The predicted molar refractivity (Wildman–Crippen MR) is 27.8 cm³/mol. The second-order valence-corrected chi connectivity index (χ2v) is 1.59. The molecule has 5 heteroatoms. The lowest BCUT2D eigenvalue weighted by molar-refractivity contribution is 0.574. The van der Waals surface area contributed by atoms with E-state index in [1.165, 1.54) is 0 Å². The van der Waals surface area contributed by atoms with Crippen LogP contribution in [0.1, 0.15) is 0 Å². The van der Waals surface area contributed by atoms with Gasteiger partial charge < -0.3 is 15.2 Å². The molecule has 0 aromatic rings. The Kier molecular flexibility index (Phi) is 2.78. The van der Waals surface area contributed by atoms with Crippen LogP contribution >= 0.6 is 12.2 Å². The molecule has 0 aromatic heterocycles. The van der Waals surface area contributed by atoms with Crippen molar-refractivity contribution in [3.63, 3.8) is 0 Å². The Morgan fingerprint density at radius 3 is 2.50 bits per heavy atom. The molecule has 0 aliphatic heterocycles. The zero-order valence-corrected chi connectivity index (χ0v) is 4.94. The number of rotatable bonds is 1. The standard InChI is InChI=1S/CH4N2OSSi/c2-1(5)3-6-4/h6H,(H3,2,3,5). The van der Waals surface area contributed by atoms with Crippen LogP contribution in [0.4, 0.5) is 0 Å². The number of nitrogens with one attached hydrogen (secondary N) is 1. The van der Waals surface area contributed by atoms with Gasteiger partial charge in [-0.3, -0.25) is 0 Å². The first-order chi connectivity index (χ1) is 2.77. The molecule has 34 valence electrons. The molecule has 0 atom stereocenters. The van der Waals surface area contributed by atoms with Gasteiger partial charge in [-0.05, 0) is 12.2 Å². The smallest absolute Gasteiger partial charge is 0.377 e. The van der Waals surface area contributed by atoms with Gasteiger partial charge in [0.05, 0.1) is 0 Å². The number of hydrogen-bond acceptors (Lipinski definition) is 2. The van der Waals surface area contributed by atoms with Crippen molar-refractivity contribution in [3.05, 3.63) is 0 Å². The maximum atomic E-state index is 9.54. The minimum Gasteiger partial charge on any atom is -0.377 e. The van der Waals surface area contributed by atoms with Gasteiger partial charge >= 0.3 is 9.57 Å². The molecule has 0 heterocycles. The molecule has 0 bridgehead atoms. The van der Waals surface area contributed by atoms with Crippen LogP contribution in [0.25, 0.3) is 0 Å². The Bertz CT molecular complexity index is 73.9. The van der Waals surface area contributed by atoms with E-state index in [0.717, 1.165) is 0 Å². The highest BCUT2D eigenvalue weighted by atomic mass is 32.1. The molecular weight excluding hydrogens is 116 g/mol. The molecule has 0 aliphatic carbocycles. The second-order valence-electron chi connectivity index (χ2n) is 0.626. The first kappa shape index (κ1) is 5.71. The third-order valence-electron chi connectivity index (χ3n) is 0.201. The van der Waals surface area contributed by atoms with Crippen LogP contribution in [0.15, 0.2) is 0 Å². The highest BCUT2D eigenvalue weighted by Crippen LogP contribution is 1.44. The van der Waals surface area contributed by atoms with Crippen LogP contribution in [0.2, 0.25) is 0 Å². The first-order valence-corrected chi connectivity index (χ1v) is 2.72. The van der Waals surface area contributed by atoms with E-state index in [1.54, 1.807) is 0 Å². The monoisotopic (exact) mass is 120 g/mol. The lowest BCUT2D eigenvalue weighted by Gasteiger charge is -1.84. The average molecular weight is 120 g/mol. The van der Waals surface area contributed by atoms with Crippen molar-refractivity contribution in [1.82, 2.24) is 4.98 Å². The maximum Gasteiger partial charge on any atom is 0.382 e. The Morgan fingerprint density at radius 1 is 2.00 bits per heavy atom. The molecule has 0 fully saturated rings. The molecule has 3 nitrogen and oxygen atoms in total. The molecule has 0 radical (unpaired) electrons. The van der Waals surface area contributed by atoms with Gasteiger partial charge in [0.25, 0.3) is 0 Å². The van der Waals surface area contributed by atoms with Crippen LogP contribution in [-0.4, -0.2) is 14.7 Å². The van der Waals surface area contributed by atoms with Crippen LogP contribution in [-0.2, 0) is 4.46 Å². The van der Waals surface area contributed by atoms with Crippen molar-refractivity contribution in [3.8, 4) is 0 Å². The van der Waals surface area contributed by atoms with E-state index in [2.05, 4.69) is 17.2 Å². The fourth-order valence-electron chi connectivity index (χ4n) is 0.0581. The van der Waals surface area contributed by atoms with Crippen molar-refractivity contribution in [1.29, 1.82) is 0 Å². The molecule has 0 spiro atoms. The zero-order valence-electron chi connectivity index (χ0n) is 2.97. The zero-order chi connectivity index (χ0) is 4.99. The quantitative estimate of drug-likeness (QED) is 0.327. The molecule has 0 amide bonds. The van der Waals surface area contributed by atoms with Crippen LogP contribution < -0.4 is 10.7 Å². The summed E-state index contributed by atoms with van der Waals surface area (Å²) >= 11 is 4.28. The van der Waals surface area contributed by atoms with Gasteiger partial charge in [-0.1, -0.05) is 0 Å². The normalized spacial score (nSPS) is 6.67. The van der Waals surface area contributed by atoms with E-state index in [4.69, 9.17) is 5.73 Å². The summed E-state index contributed by atoms with van der Waals surface area (Å²) in [6, 6.07) is 0. The topological polar surface area (TPSA) is 55.1 Å². The number of nitrogens with two attached hydrogens (primary N) is 1. The summed E-state index contributed by atoms with van der Waals surface area (Å²) < 4.78 is 9.54. The summed E-state index contributed by atoms with van der Waals surface area (Å²) in [6.07, 6.45) is 0. The molecule has 0 aliphatic rings. The summed E-state index contributed by atoms with van der Waals surface area (Å²) in [4.78, 5) is 2.25. The lowest BCUT2D eigenvalue weighted by atomic mass is 11.3. The fraction of sp³-hybridized carbons (Fsp3) is 0. The molecule has 0 unspecified atom stereocenters. The van der Waals surface area contributed by atoms with Gasteiger partial charge in [0.1, 0.15) is 0 Å². The molecule has 0 rings (SSSR count). The Balaban J connectivity index is 3.05. The van der Waals surface area contributed by atoms with E-state index >= 15 is 0 Å². The number of thiocarbonyl (C=S) groups is 1. The second kappa shape index (κ2) is 2.92. The SMILES string of the molecule is NC(=S)N[SiH]=O. The minimum absolute atomic E-state index is 0.0972. The van der Waals surface area contributed by atoms with Gasteiger partial charge in [0.2, 0.25) is 0 Å². The van der Waals surface area contributed by atoms with Crippen molar-refractivity contribution in [2.75, 3.05) is 0 Å². The van der Waals surface area contributed by atoms with E-state index in [1.807, 2.05) is 0 Å². The van der Waals surface area contributed by atoms with Gasteiger partial charge in [-0.25, -0.2) is 0 Å². The summed E-state index contributed by atoms with van der Waals surface area (Å²) in [6.45, 7) is 0. The van der Waals surface area contributed by atoms with Crippen molar-refractivity contribution < 1.29 is 4.46 Å². The average Bonchev–Trinajstić information content (AvgIpc) is 1.35. The molecule has 3 N–H and O–H groups in total. The highest BCUT2D eigenvalue weighted by Gasteiger charge is 1.75. The molecular formula is CH4N2OSSi. The van der Waals surface area contributed by atoms with Crippen LogP contribution in [0.5, 0.6) is 0 Å². The molecule has 0 saturated carbocycles. The van der Waals surface area contributed by atoms with Crippen molar-refractivity contribution in [2.45, 2.75) is 0 Å². The van der Waals surface area contributed by atoms with E-state index in [9.17, 15) is 4.46 Å². The first-order valence-electron chi connectivity index (χ1n) is 1.27. The molecule has 6 heavy (non-hydrogen) atoms. The summed E-state index contributed by atoms with van der Waals surface area (Å²) in [5, 5.41) is 0.0972. The van der Waals surface area contributed by atoms with Gasteiger partial charge in [-0.15, -0.1) is 0 Å². The fourth-order valence-corrected chi connectivity index (χ4v) is 0.319. The van der Waals surface area contributed by atoms with E-state index in [-0.39, 0.29) is 5.11 Å². The van der Waals surface area contributed by atoms with Crippen LogP contribution in [0, 0.1) is 0 Å². The van der Waals surface area contributed by atoms with Crippen molar-refractivity contribution in [2.24, 2.45) is 5.73 Å². The Labute approximate surface area is 42.9 Å². The van der Waals surface area contributed by atoms with E-state index < -0.39 is 9.57 Å².